The molecular formula is C19H25NO5. The summed E-state index contributed by atoms with van der Waals surface area (Å²) >= 11 is 0. The van der Waals surface area contributed by atoms with Crippen molar-refractivity contribution in [2.75, 3.05) is 7.05 Å². The topological polar surface area (TPSA) is 98.1 Å². The number of aliphatic carboxylic acids is 1. The Hall–Kier alpha value is -1.76. The fraction of sp³-hybridized carbons (Fsp3) is 0.579. The van der Waals surface area contributed by atoms with Gasteiger partial charge in [0.25, 0.3) is 0 Å². The number of hydrogen-bond donors (Lipinski definition) is 3. The van der Waals surface area contributed by atoms with E-state index in [1.54, 1.807) is 37.3 Å². The summed E-state index contributed by atoms with van der Waals surface area (Å²) in [6.45, 7) is 1.57. The molecule has 1 aromatic carbocycles. The molecule has 2 aliphatic rings. The van der Waals surface area contributed by atoms with Crippen LogP contribution in [0.5, 0.6) is 0 Å². The summed E-state index contributed by atoms with van der Waals surface area (Å²) in [4.78, 5) is 27.3. The van der Waals surface area contributed by atoms with Crippen LogP contribution in [0.4, 0.5) is 0 Å². The van der Waals surface area contributed by atoms with Gasteiger partial charge in [-0.25, -0.2) is 0 Å². The number of nitrogens with zero attached hydrogens (tertiary/aromatic N) is 1. The molecule has 3 N–H and O–H groups in total. The molecule has 0 radical (unpaired) electrons. The molecule has 2 fully saturated rings. The zero-order valence-electron chi connectivity index (χ0n) is 14.5. The van der Waals surface area contributed by atoms with Gasteiger partial charge < -0.3 is 15.3 Å². The third-order valence-electron chi connectivity index (χ3n) is 6.00. The minimum absolute atomic E-state index is 0.0351. The number of ketones is 1. The Bertz CT molecular complexity index is 661. The number of piperidine rings is 1. The molecular weight excluding hydrogens is 322 g/mol. The zero-order valence-corrected chi connectivity index (χ0v) is 14.5. The van der Waals surface area contributed by atoms with E-state index in [1.165, 1.54) is 0 Å². The van der Waals surface area contributed by atoms with Crippen LogP contribution in [0.2, 0.25) is 0 Å². The third-order valence-corrected chi connectivity index (χ3v) is 6.00. The van der Waals surface area contributed by atoms with E-state index >= 15 is 0 Å². The second-order valence-electron chi connectivity index (χ2n) is 7.42. The van der Waals surface area contributed by atoms with E-state index in [0.717, 1.165) is 0 Å². The quantitative estimate of drug-likeness (QED) is 0.692. The lowest BCUT2D eigenvalue weighted by atomic mass is 9.61. The van der Waals surface area contributed by atoms with E-state index in [0.29, 0.717) is 18.4 Å². The van der Waals surface area contributed by atoms with Crippen molar-refractivity contribution >= 4 is 11.8 Å². The van der Waals surface area contributed by atoms with Crippen LogP contribution in [0.15, 0.2) is 30.3 Å². The van der Waals surface area contributed by atoms with E-state index in [2.05, 4.69) is 0 Å². The van der Waals surface area contributed by atoms with Gasteiger partial charge in [0, 0.05) is 17.6 Å². The van der Waals surface area contributed by atoms with Crippen LogP contribution in [0.3, 0.4) is 0 Å². The van der Waals surface area contributed by atoms with Crippen LogP contribution < -0.4 is 0 Å². The number of Topliss-reactive ketones (excluding diaryl/α,β-unsaturated/α-hetero) is 1. The molecule has 0 saturated carbocycles. The minimum Gasteiger partial charge on any atom is -0.481 e. The predicted molar refractivity (Wildman–Crippen MR) is 91.2 cm³/mol. The number of rotatable bonds is 5. The van der Waals surface area contributed by atoms with Gasteiger partial charge in [0.05, 0.1) is 23.5 Å². The number of carboxylic acid groups (broad SMARTS) is 1. The van der Waals surface area contributed by atoms with Crippen molar-refractivity contribution in [3.05, 3.63) is 35.9 Å². The molecule has 0 spiro atoms. The number of carboxylic acids is 1. The SMILES string of the molecule is CC(O)CC1(C(=O)c2ccccc2)[C@H](O)[C@H](C(=O)O)[C@H]2CC[C@@H]1N2C. The van der Waals surface area contributed by atoms with Gasteiger partial charge in [0.15, 0.2) is 5.78 Å². The van der Waals surface area contributed by atoms with Crippen LogP contribution in [-0.2, 0) is 4.79 Å². The molecule has 2 heterocycles. The lowest BCUT2D eigenvalue weighted by molar-refractivity contribution is -0.164. The number of carbonyl (C=O) groups excluding carboxylic acids is 1. The van der Waals surface area contributed by atoms with E-state index in [9.17, 15) is 24.9 Å². The first kappa shape index (κ1) is 18.0. The van der Waals surface area contributed by atoms with Gasteiger partial charge >= 0.3 is 5.97 Å². The summed E-state index contributed by atoms with van der Waals surface area (Å²) in [6, 6.07) is 8.06. The molecule has 6 heteroatoms. The highest BCUT2D eigenvalue weighted by atomic mass is 16.4. The molecule has 2 saturated heterocycles. The molecule has 0 amide bonds. The number of fused-ring (bicyclic) bond motifs is 2. The van der Waals surface area contributed by atoms with Gasteiger partial charge in [-0.2, -0.15) is 0 Å². The van der Waals surface area contributed by atoms with Crippen LogP contribution in [0.25, 0.3) is 0 Å². The fourth-order valence-electron chi connectivity index (χ4n) is 5.03. The Morgan fingerprint density at radius 3 is 2.48 bits per heavy atom. The molecule has 1 aromatic rings. The molecule has 0 aliphatic carbocycles. The summed E-state index contributed by atoms with van der Waals surface area (Å²) in [5, 5.41) is 30.9. The highest BCUT2D eigenvalue weighted by Gasteiger charge is 2.64. The largest absolute Gasteiger partial charge is 0.481 e. The molecule has 2 bridgehead atoms. The van der Waals surface area contributed by atoms with Gasteiger partial charge in [-0.3, -0.25) is 14.5 Å². The molecule has 6 nitrogen and oxygen atoms in total. The molecule has 136 valence electrons. The molecule has 6 atom stereocenters. The molecule has 0 aromatic heterocycles. The minimum atomic E-state index is -1.33. The summed E-state index contributed by atoms with van der Waals surface area (Å²) in [5.41, 5.74) is -0.898. The maximum atomic E-state index is 13.5. The van der Waals surface area contributed by atoms with Crippen molar-refractivity contribution < 1.29 is 24.9 Å². The van der Waals surface area contributed by atoms with E-state index in [1.807, 2.05) is 11.9 Å². The second-order valence-corrected chi connectivity index (χ2v) is 7.42. The van der Waals surface area contributed by atoms with Crippen LogP contribution in [-0.4, -0.2) is 63.3 Å². The third kappa shape index (κ3) is 2.69. The maximum absolute atomic E-state index is 13.5. The number of benzene rings is 1. The lowest BCUT2D eigenvalue weighted by Gasteiger charge is -2.52. The van der Waals surface area contributed by atoms with Crippen molar-refractivity contribution in [1.82, 2.24) is 4.90 Å². The maximum Gasteiger partial charge on any atom is 0.310 e. The number of hydrogen-bond acceptors (Lipinski definition) is 5. The van der Waals surface area contributed by atoms with E-state index < -0.39 is 29.5 Å². The summed E-state index contributed by atoms with van der Waals surface area (Å²) < 4.78 is 0. The van der Waals surface area contributed by atoms with Gasteiger partial charge in [0.1, 0.15) is 0 Å². The van der Waals surface area contributed by atoms with Crippen molar-refractivity contribution in [2.24, 2.45) is 11.3 Å². The first-order valence-corrected chi connectivity index (χ1v) is 8.71. The van der Waals surface area contributed by atoms with Crippen molar-refractivity contribution in [3.63, 3.8) is 0 Å². The van der Waals surface area contributed by atoms with Gasteiger partial charge in [0.2, 0.25) is 0 Å². The molecule has 25 heavy (non-hydrogen) atoms. The molecule has 2 aliphatic heterocycles. The molecule has 2 unspecified atom stereocenters. The smallest absolute Gasteiger partial charge is 0.310 e. The Morgan fingerprint density at radius 2 is 1.92 bits per heavy atom. The monoisotopic (exact) mass is 347 g/mol. The second kappa shape index (κ2) is 6.52. The van der Waals surface area contributed by atoms with Crippen molar-refractivity contribution in [1.29, 1.82) is 0 Å². The Balaban J connectivity index is 2.15. The van der Waals surface area contributed by atoms with Gasteiger partial charge in [-0.05, 0) is 33.2 Å². The summed E-state index contributed by atoms with van der Waals surface area (Å²) in [6.07, 6.45) is -0.872. The average Bonchev–Trinajstić information content (AvgIpc) is 2.87. The van der Waals surface area contributed by atoms with Gasteiger partial charge in [-0.15, -0.1) is 0 Å². The number of aliphatic hydroxyl groups is 2. The van der Waals surface area contributed by atoms with Crippen molar-refractivity contribution in [2.45, 2.75) is 50.5 Å². The van der Waals surface area contributed by atoms with E-state index in [4.69, 9.17) is 0 Å². The molecule has 3 rings (SSSR count). The Labute approximate surface area is 147 Å². The average molecular weight is 347 g/mol. The summed E-state index contributed by atoms with van der Waals surface area (Å²) in [7, 11) is 1.82. The Kier molecular flexibility index (Phi) is 4.70. The lowest BCUT2D eigenvalue weighted by Crippen LogP contribution is -2.66. The van der Waals surface area contributed by atoms with Crippen LogP contribution in [0.1, 0.15) is 36.5 Å². The highest BCUT2D eigenvalue weighted by Crippen LogP contribution is 2.52. The van der Waals surface area contributed by atoms with E-state index in [-0.39, 0.29) is 24.3 Å². The fourth-order valence-corrected chi connectivity index (χ4v) is 5.03. The standard InChI is InChI=1S/C19H25NO5/c1-11(21)10-19(16(22)12-6-4-3-5-7-12)14-9-8-13(20(14)2)15(17(19)23)18(24)25/h3-7,11,13-15,17,21,23H,8-10H2,1-2H3,(H,24,25)/t11?,13-,14+,15-,17-,19?/m1/s1. The summed E-state index contributed by atoms with van der Waals surface area (Å²) in [5.74, 6) is -2.43. The number of carbonyl (C=O) groups is 2. The van der Waals surface area contributed by atoms with Crippen LogP contribution >= 0.6 is 0 Å². The van der Waals surface area contributed by atoms with Crippen LogP contribution in [0, 0.1) is 11.3 Å². The predicted octanol–water partition coefficient (Wildman–Crippen LogP) is 1.16. The zero-order chi connectivity index (χ0) is 18.4. The first-order chi connectivity index (χ1) is 11.8. The van der Waals surface area contributed by atoms with Crippen molar-refractivity contribution in [3.8, 4) is 0 Å². The number of aliphatic hydroxyl groups excluding tert-OH is 2. The Morgan fingerprint density at radius 1 is 1.28 bits per heavy atom. The first-order valence-electron chi connectivity index (χ1n) is 8.71. The normalized spacial score (nSPS) is 36.2. The van der Waals surface area contributed by atoms with Gasteiger partial charge in [-0.1, -0.05) is 30.3 Å². The highest BCUT2D eigenvalue weighted by molar-refractivity contribution is 6.02.